The van der Waals surface area contributed by atoms with Crippen LogP contribution in [-0.4, -0.2) is 15.3 Å². The van der Waals surface area contributed by atoms with Crippen molar-refractivity contribution in [2.24, 2.45) is 0 Å². The number of nitrogens with one attached hydrogen (secondary N) is 1. The number of H-pyrrole nitrogens is 1. The van der Waals surface area contributed by atoms with Crippen LogP contribution in [0.4, 0.5) is 0 Å². The van der Waals surface area contributed by atoms with Crippen LogP contribution in [-0.2, 0) is 6.42 Å². The molecule has 2 rings (SSSR count). The van der Waals surface area contributed by atoms with E-state index in [9.17, 15) is 5.11 Å². The first-order valence-electron chi connectivity index (χ1n) is 5.13. The average Bonchev–Trinajstić information content (AvgIpc) is 2.68. The molecule has 0 radical (unpaired) electrons. The van der Waals surface area contributed by atoms with Gasteiger partial charge in [0.15, 0.2) is 0 Å². The number of phenolic OH excluding ortho intramolecular Hbond substituents is 1. The summed E-state index contributed by atoms with van der Waals surface area (Å²) in [5, 5.41) is 16.3. The van der Waals surface area contributed by atoms with Crippen LogP contribution in [0.15, 0.2) is 30.5 Å². The summed E-state index contributed by atoms with van der Waals surface area (Å²) in [5.74, 6) is 0.284. The van der Waals surface area contributed by atoms with E-state index >= 15 is 0 Å². The van der Waals surface area contributed by atoms with Gasteiger partial charge in [0.25, 0.3) is 0 Å². The third-order valence-electron chi connectivity index (χ3n) is 2.38. The molecular formula is C12H14N2O. The largest absolute Gasteiger partial charge is 0.508 e. The zero-order valence-corrected chi connectivity index (χ0v) is 8.70. The fraction of sp³-hybridized carbons (Fsp3) is 0.250. The maximum absolute atomic E-state index is 9.20. The summed E-state index contributed by atoms with van der Waals surface area (Å²) in [5.41, 5.74) is 3.25. The Morgan fingerprint density at radius 2 is 2.00 bits per heavy atom. The number of nitrogens with zero attached hydrogens (tertiary/aromatic N) is 1. The Labute approximate surface area is 88.8 Å². The summed E-state index contributed by atoms with van der Waals surface area (Å²) in [6, 6.07) is 7.12. The summed E-state index contributed by atoms with van der Waals surface area (Å²) < 4.78 is 0. The standard InChI is InChI=1S/C12H14N2O/c1-2-3-10-8-13-14-12(10)9-4-6-11(15)7-5-9/h4-8,15H,2-3H2,1H3,(H,13,14). The van der Waals surface area contributed by atoms with Gasteiger partial charge < -0.3 is 5.11 Å². The van der Waals surface area contributed by atoms with E-state index in [1.165, 1.54) is 5.56 Å². The smallest absolute Gasteiger partial charge is 0.115 e. The average molecular weight is 202 g/mol. The number of rotatable bonds is 3. The molecule has 0 spiro atoms. The molecule has 15 heavy (non-hydrogen) atoms. The van der Waals surface area contributed by atoms with Crippen molar-refractivity contribution >= 4 is 0 Å². The van der Waals surface area contributed by atoms with Gasteiger partial charge in [0.2, 0.25) is 0 Å². The van der Waals surface area contributed by atoms with Gasteiger partial charge in [0.05, 0.1) is 5.69 Å². The topological polar surface area (TPSA) is 48.9 Å². The second kappa shape index (κ2) is 4.17. The lowest BCUT2D eigenvalue weighted by Gasteiger charge is -2.00. The van der Waals surface area contributed by atoms with Gasteiger partial charge in [-0.3, -0.25) is 5.10 Å². The molecule has 0 unspecified atom stereocenters. The molecule has 0 fully saturated rings. The molecule has 1 aromatic carbocycles. The Hall–Kier alpha value is -1.77. The second-order valence-corrected chi connectivity index (χ2v) is 3.56. The maximum atomic E-state index is 9.20. The molecule has 78 valence electrons. The quantitative estimate of drug-likeness (QED) is 0.804. The summed E-state index contributed by atoms with van der Waals surface area (Å²) >= 11 is 0. The van der Waals surface area contributed by atoms with Gasteiger partial charge in [0, 0.05) is 11.8 Å². The molecule has 3 heteroatoms. The van der Waals surface area contributed by atoms with Crippen LogP contribution in [0.2, 0.25) is 0 Å². The van der Waals surface area contributed by atoms with Gasteiger partial charge in [-0.25, -0.2) is 0 Å². The third kappa shape index (κ3) is 2.01. The zero-order chi connectivity index (χ0) is 10.7. The molecule has 0 aliphatic rings. The van der Waals surface area contributed by atoms with E-state index in [-0.39, 0.29) is 5.75 Å². The van der Waals surface area contributed by atoms with Crippen LogP contribution in [0.25, 0.3) is 11.3 Å². The first-order valence-corrected chi connectivity index (χ1v) is 5.13. The van der Waals surface area contributed by atoms with Crippen molar-refractivity contribution < 1.29 is 5.11 Å². The minimum atomic E-state index is 0.284. The Kier molecular flexibility index (Phi) is 2.72. The summed E-state index contributed by atoms with van der Waals surface area (Å²) in [4.78, 5) is 0. The molecule has 0 saturated heterocycles. The molecule has 2 aromatic rings. The summed E-state index contributed by atoms with van der Waals surface area (Å²) in [6.07, 6.45) is 4.06. The number of hydrogen-bond donors (Lipinski definition) is 2. The van der Waals surface area contributed by atoms with Crippen molar-refractivity contribution in [3.8, 4) is 17.0 Å². The molecule has 0 atom stereocenters. The number of phenols is 1. The Balaban J connectivity index is 2.36. The van der Waals surface area contributed by atoms with Crippen molar-refractivity contribution in [2.45, 2.75) is 19.8 Å². The zero-order valence-electron chi connectivity index (χ0n) is 8.70. The number of hydrogen-bond acceptors (Lipinski definition) is 2. The highest BCUT2D eigenvalue weighted by Crippen LogP contribution is 2.23. The molecular weight excluding hydrogens is 188 g/mol. The first kappa shape index (κ1) is 9.77. The Bertz CT molecular complexity index is 431. The predicted molar refractivity (Wildman–Crippen MR) is 59.7 cm³/mol. The molecule has 2 N–H and O–H groups in total. The lowest BCUT2D eigenvalue weighted by molar-refractivity contribution is 0.475. The van der Waals surface area contributed by atoms with E-state index in [0.717, 1.165) is 24.1 Å². The minimum Gasteiger partial charge on any atom is -0.508 e. The van der Waals surface area contributed by atoms with Crippen LogP contribution >= 0.6 is 0 Å². The highest BCUT2D eigenvalue weighted by atomic mass is 16.3. The fourth-order valence-corrected chi connectivity index (χ4v) is 1.64. The molecule has 3 nitrogen and oxygen atoms in total. The number of aromatic amines is 1. The third-order valence-corrected chi connectivity index (χ3v) is 2.38. The molecule has 0 aliphatic carbocycles. The maximum Gasteiger partial charge on any atom is 0.115 e. The molecule has 1 aromatic heterocycles. The molecule has 1 heterocycles. The number of aromatic nitrogens is 2. The van der Waals surface area contributed by atoms with Crippen LogP contribution < -0.4 is 0 Å². The molecule has 0 aliphatic heterocycles. The van der Waals surface area contributed by atoms with Gasteiger partial charge in [-0.1, -0.05) is 13.3 Å². The van der Waals surface area contributed by atoms with Crippen molar-refractivity contribution in [2.75, 3.05) is 0 Å². The van der Waals surface area contributed by atoms with Crippen molar-refractivity contribution in [1.82, 2.24) is 10.2 Å². The minimum absolute atomic E-state index is 0.284. The van der Waals surface area contributed by atoms with Crippen molar-refractivity contribution in [3.63, 3.8) is 0 Å². The lowest BCUT2D eigenvalue weighted by Crippen LogP contribution is -1.85. The summed E-state index contributed by atoms with van der Waals surface area (Å²) in [6.45, 7) is 2.15. The van der Waals surface area contributed by atoms with E-state index in [1.807, 2.05) is 18.3 Å². The number of benzene rings is 1. The molecule has 0 bridgehead atoms. The van der Waals surface area contributed by atoms with Crippen LogP contribution in [0, 0.1) is 0 Å². The lowest BCUT2D eigenvalue weighted by atomic mass is 10.1. The van der Waals surface area contributed by atoms with E-state index in [0.29, 0.717) is 0 Å². The van der Waals surface area contributed by atoms with Crippen LogP contribution in [0.1, 0.15) is 18.9 Å². The number of aromatic hydroxyl groups is 1. The molecule has 0 amide bonds. The Morgan fingerprint density at radius 3 is 2.67 bits per heavy atom. The van der Waals surface area contributed by atoms with Gasteiger partial charge in [0.1, 0.15) is 5.75 Å². The van der Waals surface area contributed by atoms with Gasteiger partial charge in [-0.2, -0.15) is 5.10 Å². The Morgan fingerprint density at radius 1 is 1.27 bits per heavy atom. The highest BCUT2D eigenvalue weighted by Gasteiger charge is 2.06. The van der Waals surface area contributed by atoms with Crippen molar-refractivity contribution in [3.05, 3.63) is 36.0 Å². The number of aryl methyl sites for hydroxylation is 1. The van der Waals surface area contributed by atoms with Crippen molar-refractivity contribution in [1.29, 1.82) is 0 Å². The van der Waals surface area contributed by atoms with E-state index in [2.05, 4.69) is 17.1 Å². The normalized spacial score (nSPS) is 10.5. The van der Waals surface area contributed by atoms with E-state index in [4.69, 9.17) is 0 Å². The van der Waals surface area contributed by atoms with Crippen LogP contribution in [0.3, 0.4) is 0 Å². The fourth-order valence-electron chi connectivity index (χ4n) is 1.64. The first-order chi connectivity index (χ1) is 7.31. The molecule has 0 saturated carbocycles. The van der Waals surface area contributed by atoms with E-state index < -0.39 is 0 Å². The van der Waals surface area contributed by atoms with Gasteiger partial charge >= 0.3 is 0 Å². The predicted octanol–water partition coefficient (Wildman–Crippen LogP) is 2.73. The SMILES string of the molecule is CCCc1c[nH]nc1-c1ccc(O)cc1. The highest BCUT2D eigenvalue weighted by molar-refractivity contribution is 5.63. The van der Waals surface area contributed by atoms with Crippen LogP contribution in [0.5, 0.6) is 5.75 Å². The van der Waals surface area contributed by atoms with Gasteiger partial charge in [-0.05, 0) is 36.2 Å². The second-order valence-electron chi connectivity index (χ2n) is 3.56. The van der Waals surface area contributed by atoms with E-state index in [1.54, 1.807) is 12.1 Å². The monoisotopic (exact) mass is 202 g/mol. The van der Waals surface area contributed by atoms with Gasteiger partial charge in [-0.15, -0.1) is 0 Å². The summed E-state index contributed by atoms with van der Waals surface area (Å²) in [7, 11) is 0.